The quantitative estimate of drug-likeness (QED) is 0.810. The van der Waals surface area contributed by atoms with Crippen LogP contribution in [0, 0.1) is 17.8 Å². The minimum Gasteiger partial charge on any atom is -0.480 e. The predicted octanol–water partition coefficient (Wildman–Crippen LogP) is 2.43. The minimum absolute atomic E-state index is 0.0152. The van der Waals surface area contributed by atoms with Gasteiger partial charge in [0.05, 0.1) is 0 Å². The van der Waals surface area contributed by atoms with Crippen molar-refractivity contribution in [1.82, 2.24) is 5.32 Å². The van der Waals surface area contributed by atoms with Crippen molar-refractivity contribution in [3.63, 3.8) is 0 Å². The summed E-state index contributed by atoms with van der Waals surface area (Å²) in [6.07, 6.45) is 3.90. The lowest BCUT2D eigenvalue weighted by atomic mass is 9.76. The monoisotopic (exact) mass is 255 g/mol. The Kier molecular flexibility index (Phi) is 4.77. The summed E-state index contributed by atoms with van der Waals surface area (Å²) in [4.78, 5) is 23.0. The summed E-state index contributed by atoms with van der Waals surface area (Å²) in [5.41, 5.74) is -1.17. The Morgan fingerprint density at radius 1 is 1.17 bits per heavy atom. The first kappa shape index (κ1) is 15.0. The highest BCUT2D eigenvalue weighted by Gasteiger charge is 2.33. The normalized spacial score (nSPS) is 24.9. The molecule has 1 amide bonds. The number of aliphatic carboxylic acids is 1. The van der Waals surface area contributed by atoms with Crippen LogP contribution < -0.4 is 5.32 Å². The van der Waals surface area contributed by atoms with Crippen molar-refractivity contribution < 1.29 is 14.7 Å². The lowest BCUT2D eigenvalue weighted by Crippen LogP contribution is -2.51. The summed E-state index contributed by atoms with van der Waals surface area (Å²) < 4.78 is 0. The number of hydrogen-bond donors (Lipinski definition) is 2. The summed E-state index contributed by atoms with van der Waals surface area (Å²) in [5, 5.41) is 11.6. The molecule has 0 aliphatic heterocycles. The number of carboxylic acid groups (broad SMARTS) is 1. The first-order valence-corrected chi connectivity index (χ1v) is 6.79. The number of carbonyl (C=O) groups is 2. The molecule has 2 N–H and O–H groups in total. The molecule has 0 spiro atoms. The largest absolute Gasteiger partial charge is 0.480 e. The second-order valence-electron chi connectivity index (χ2n) is 6.28. The van der Waals surface area contributed by atoms with Gasteiger partial charge in [0.25, 0.3) is 0 Å². The molecule has 4 heteroatoms. The molecule has 1 fully saturated rings. The minimum atomic E-state index is -1.17. The van der Waals surface area contributed by atoms with E-state index < -0.39 is 11.5 Å². The van der Waals surface area contributed by atoms with Gasteiger partial charge in [-0.15, -0.1) is 0 Å². The van der Waals surface area contributed by atoms with E-state index in [4.69, 9.17) is 5.11 Å². The van der Waals surface area contributed by atoms with Crippen LogP contribution in [-0.2, 0) is 9.59 Å². The van der Waals surface area contributed by atoms with Crippen molar-refractivity contribution in [2.45, 2.75) is 58.9 Å². The zero-order valence-electron chi connectivity index (χ0n) is 11.8. The lowest BCUT2D eigenvalue weighted by Gasteiger charge is -2.32. The first-order valence-electron chi connectivity index (χ1n) is 6.79. The van der Waals surface area contributed by atoms with E-state index in [0.717, 1.165) is 25.7 Å². The Hall–Kier alpha value is -1.06. The fourth-order valence-corrected chi connectivity index (χ4v) is 2.51. The van der Waals surface area contributed by atoms with Crippen LogP contribution in [0.5, 0.6) is 0 Å². The van der Waals surface area contributed by atoms with Crippen LogP contribution in [0.2, 0.25) is 0 Å². The van der Waals surface area contributed by atoms with Crippen molar-refractivity contribution in [3.05, 3.63) is 0 Å². The van der Waals surface area contributed by atoms with E-state index in [1.807, 2.05) is 0 Å². The van der Waals surface area contributed by atoms with Gasteiger partial charge in [-0.05, 0) is 51.4 Å². The standard InChI is InChI=1S/C14H25NO3/c1-9(2)10-5-7-11(8-6-10)12(16)15-14(3,4)13(17)18/h9-11H,5-8H2,1-4H3,(H,15,16)(H,17,18). The van der Waals surface area contributed by atoms with Crippen molar-refractivity contribution >= 4 is 11.9 Å². The van der Waals surface area contributed by atoms with E-state index in [1.165, 1.54) is 13.8 Å². The summed E-state index contributed by atoms with van der Waals surface area (Å²) in [6.45, 7) is 7.48. The molecule has 0 radical (unpaired) electrons. The fraction of sp³-hybridized carbons (Fsp3) is 0.857. The van der Waals surface area contributed by atoms with Crippen LogP contribution in [-0.4, -0.2) is 22.5 Å². The number of hydrogen-bond acceptors (Lipinski definition) is 2. The van der Waals surface area contributed by atoms with Crippen LogP contribution in [0.3, 0.4) is 0 Å². The van der Waals surface area contributed by atoms with Crippen LogP contribution in [0.1, 0.15) is 53.4 Å². The third-order valence-electron chi connectivity index (χ3n) is 4.06. The maximum Gasteiger partial charge on any atom is 0.328 e. The van der Waals surface area contributed by atoms with Gasteiger partial charge in [0, 0.05) is 5.92 Å². The molecule has 0 heterocycles. The van der Waals surface area contributed by atoms with Gasteiger partial charge in [0.2, 0.25) is 5.91 Å². The molecule has 1 aliphatic carbocycles. The lowest BCUT2D eigenvalue weighted by molar-refractivity contribution is -0.147. The van der Waals surface area contributed by atoms with E-state index in [2.05, 4.69) is 19.2 Å². The molecule has 104 valence electrons. The predicted molar refractivity (Wildman–Crippen MR) is 70.1 cm³/mol. The molecule has 4 nitrogen and oxygen atoms in total. The third-order valence-corrected chi connectivity index (χ3v) is 4.06. The number of rotatable bonds is 4. The van der Waals surface area contributed by atoms with Crippen molar-refractivity contribution in [2.24, 2.45) is 17.8 Å². The molecule has 1 aliphatic rings. The Balaban J connectivity index is 2.48. The molecular weight excluding hydrogens is 230 g/mol. The van der Waals surface area contributed by atoms with Crippen LogP contribution >= 0.6 is 0 Å². The molecule has 1 saturated carbocycles. The van der Waals surface area contributed by atoms with E-state index in [-0.39, 0.29) is 11.8 Å². The molecule has 0 unspecified atom stereocenters. The number of carboxylic acids is 1. The van der Waals surface area contributed by atoms with E-state index in [0.29, 0.717) is 11.8 Å². The Labute approximate surface area is 109 Å². The maximum absolute atomic E-state index is 12.0. The Bertz CT molecular complexity index is 315. The van der Waals surface area contributed by atoms with Crippen molar-refractivity contribution in [3.8, 4) is 0 Å². The smallest absolute Gasteiger partial charge is 0.328 e. The molecule has 0 saturated heterocycles. The zero-order valence-corrected chi connectivity index (χ0v) is 11.8. The van der Waals surface area contributed by atoms with Crippen LogP contribution in [0.25, 0.3) is 0 Å². The molecule has 0 bridgehead atoms. The van der Waals surface area contributed by atoms with Crippen molar-refractivity contribution in [1.29, 1.82) is 0 Å². The average Bonchev–Trinajstić information content (AvgIpc) is 2.28. The molecule has 0 aromatic rings. The topological polar surface area (TPSA) is 66.4 Å². The van der Waals surface area contributed by atoms with E-state index in [9.17, 15) is 9.59 Å². The molecule has 0 atom stereocenters. The van der Waals surface area contributed by atoms with Gasteiger partial charge in [-0.1, -0.05) is 13.8 Å². The fourth-order valence-electron chi connectivity index (χ4n) is 2.51. The van der Waals surface area contributed by atoms with Gasteiger partial charge < -0.3 is 10.4 Å². The number of carbonyl (C=O) groups excluding carboxylic acids is 1. The van der Waals surface area contributed by atoms with Gasteiger partial charge in [0.1, 0.15) is 5.54 Å². The second-order valence-corrected chi connectivity index (χ2v) is 6.28. The second kappa shape index (κ2) is 5.72. The van der Waals surface area contributed by atoms with Gasteiger partial charge in [0.15, 0.2) is 0 Å². The van der Waals surface area contributed by atoms with E-state index >= 15 is 0 Å². The van der Waals surface area contributed by atoms with Crippen molar-refractivity contribution in [2.75, 3.05) is 0 Å². The summed E-state index contributed by atoms with van der Waals surface area (Å²) in [7, 11) is 0. The highest BCUT2D eigenvalue weighted by molar-refractivity contribution is 5.87. The van der Waals surface area contributed by atoms with Gasteiger partial charge >= 0.3 is 5.97 Å². The molecule has 1 rings (SSSR count). The summed E-state index contributed by atoms with van der Waals surface area (Å²) in [5.74, 6) is 0.265. The molecule has 18 heavy (non-hydrogen) atoms. The van der Waals surface area contributed by atoms with Gasteiger partial charge in [-0.3, -0.25) is 4.79 Å². The maximum atomic E-state index is 12.0. The summed E-state index contributed by atoms with van der Waals surface area (Å²) in [6, 6.07) is 0. The zero-order chi connectivity index (χ0) is 13.9. The molecule has 0 aromatic heterocycles. The van der Waals surface area contributed by atoms with Crippen LogP contribution in [0.4, 0.5) is 0 Å². The average molecular weight is 255 g/mol. The van der Waals surface area contributed by atoms with Gasteiger partial charge in [-0.2, -0.15) is 0 Å². The third kappa shape index (κ3) is 3.72. The van der Waals surface area contributed by atoms with Crippen LogP contribution in [0.15, 0.2) is 0 Å². The number of nitrogens with one attached hydrogen (secondary N) is 1. The highest BCUT2D eigenvalue weighted by Crippen LogP contribution is 2.33. The van der Waals surface area contributed by atoms with E-state index in [1.54, 1.807) is 0 Å². The Morgan fingerprint density at radius 3 is 2.06 bits per heavy atom. The van der Waals surface area contributed by atoms with Gasteiger partial charge in [-0.25, -0.2) is 4.79 Å². The number of amides is 1. The SMILES string of the molecule is CC(C)C1CCC(C(=O)NC(C)(C)C(=O)O)CC1. The Morgan fingerprint density at radius 2 is 1.67 bits per heavy atom. The highest BCUT2D eigenvalue weighted by atomic mass is 16.4. The molecule has 0 aromatic carbocycles. The first-order chi connectivity index (χ1) is 8.24. The molecular formula is C14H25NO3. The summed E-state index contributed by atoms with van der Waals surface area (Å²) >= 11 is 0.